The quantitative estimate of drug-likeness (QED) is 0.907. The van der Waals surface area contributed by atoms with Gasteiger partial charge in [-0.05, 0) is 30.3 Å². The number of thiophene rings is 1. The van der Waals surface area contributed by atoms with Crippen LogP contribution >= 0.6 is 11.3 Å². The maximum atomic E-state index is 12.4. The van der Waals surface area contributed by atoms with Crippen molar-refractivity contribution in [2.45, 2.75) is 6.61 Å². The highest BCUT2D eigenvalue weighted by Crippen LogP contribution is 2.30. The van der Waals surface area contributed by atoms with Crippen LogP contribution in [0.1, 0.15) is 24.9 Å². The molecular formula is C16H13NO4S. The molecule has 3 rings (SSSR count). The monoisotopic (exact) mass is 315 g/mol. The van der Waals surface area contributed by atoms with E-state index in [2.05, 4.69) is 5.32 Å². The third-order valence-corrected chi connectivity index (χ3v) is 4.43. The van der Waals surface area contributed by atoms with Gasteiger partial charge in [0.15, 0.2) is 5.78 Å². The van der Waals surface area contributed by atoms with Gasteiger partial charge >= 0.3 is 0 Å². The van der Waals surface area contributed by atoms with Gasteiger partial charge in [0.2, 0.25) is 5.78 Å². The third-order valence-electron chi connectivity index (χ3n) is 3.30. The second kappa shape index (κ2) is 5.75. The molecule has 0 unspecified atom stereocenters. The summed E-state index contributed by atoms with van der Waals surface area (Å²) >= 11 is 1.15. The fourth-order valence-electron chi connectivity index (χ4n) is 2.20. The van der Waals surface area contributed by atoms with E-state index in [4.69, 9.17) is 9.84 Å². The van der Waals surface area contributed by atoms with Gasteiger partial charge in [0.05, 0.1) is 24.3 Å². The van der Waals surface area contributed by atoms with Gasteiger partial charge in [-0.15, -0.1) is 11.3 Å². The Kier molecular flexibility index (Phi) is 3.79. The highest BCUT2D eigenvalue weighted by atomic mass is 32.1. The molecule has 0 aliphatic heterocycles. The number of fused-ring (bicyclic) bond motifs is 1. The normalized spacial score (nSPS) is 13.6. The number of ether oxygens (including phenoxy) is 1. The van der Waals surface area contributed by atoms with Crippen LogP contribution in [0.15, 0.2) is 42.1 Å². The second-order valence-corrected chi connectivity index (χ2v) is 5.86. The lowest BCUT2D eigenvalue weighted by Gasteiger charge is -2.14. The van der Waals surface area contributed by atoms with Crippen LogP contribution < -0.4 is 10.1 Å². The van der Waals surface area contributed by atoms with Crippen LogP contribution in [0.25, 0.3) is 0 Å². The van der Waals surface area contributed by atoms with E-state index in [0.717, 1.165) is 11.3 Å². The van der Waals surface area contributed by atoms with E-state index >= 15 is 0 Å². The molecule has 22 heavy (non-hydrogen) atoms. The van der Waals surface area contributed by atoms with Crippen molar-refractivity contribution in [3.8, 4) is 5.75 Å². The number of nitrogens with one attached hydrogen (secondary N) is 1. The first-order chi connectivity index (χ1) is 10.6. The smallest absolute Gasteiger partial charge is 0.210 e. The second-order valence-electron chi connectivity index (χ2n) is 4.72. The molecule has 0 radical (unpaired) electrons. The van der Waals surface area contributed by atoms with Crippen LogP contribution in [0.5, 0.6) is 5.75 Å². The van der Waals surface area contributed by atoms with E-state index in [-0.39, 0.29) is 23.9 Å². The molecule has 2 aromatic rings. The van der Waals surface area contributed by atoms with Crippen molar-refractivity contribution < 1.29 is 19.4 Å². The van der Waals surface area contributed by atoms with Gasteiger partial charge < -0.3 is 15.2 Å². The fourth-order valence-corrected chi connectivity index (χ4v) is 3.13. The van der Waals surface area contributed by atoms with E-state index in [1.54, 1.807) is 37.4 Å². The number of benzene rings is 1. The predicted molar refractivity (Wildman–Crippen MR) is 83.6 cm³/mol. The Balaban J connectivity index is 1.88. The van der Waals surface area contributed by atoms with E-state index in [9.17, 15) is 9.59 Å². The molecule has 112 valence electrons. The van der Waals surface area contributed by atoms with Crippen LogP contribution in [0.2, 0.25) is 0 Å². The molecule has 1 aromatic heterocycles. The van der Waals surface area contributed by atoms with Crippen molar-refractivity contribution in [2.24, 2.45) is 0 Å². The zero-order chi connectivity index (χ0) is 15.7. The number of hydrogen-bond donors (Lipinski definition) is 2. The molecule has 6 heteroatoms. The molecule has 0 saturated heterocycles. The molecule has 0 atom stereocenters. The number of allylic oxidation sites excluding steroid dienone is 2. The Labute approximate surface area is 130 Å². The SMILES string of the molecule is COc1ccc(NC2=CC(=O)c3sc(CO)cc3C2=O)cc1. The average Bonchev–Trinajstić information content (AvgIpc) is 2.98. The summed E-state index contributed by atoms with van der Waals surface area (Å²) in [6, 6.07) is 8.62. The summed E-state index contributed by atoms with van der Waals surface area (Å²) in [5.74, 6) is 0.231. The summed E-state index contributed by atoms with van der Waals surface area (Å²) in [4.78, 5) is 25.5. The summed E-state index contributed by atoms with van der Waals surface area (Å²) in [6.07, 6.45) is 1.30. The molecule has 1 aliphatic rings. The molecule has 1 aromatic carbocycles. The Morgan fingerprint density at radius 1 is 1.23 bits per heavy atom. The van der Waals surface area contributed by atoms with Crippen molar-refractivity contribution >= 4 is 28.6 Å². The summed E-state index contributed by atoms with van der Waals surface area (Å²) < 4.78 is 5.07. The number of aliphatic hydroxyl groups is 1. The van der Waals surface area contributed by atoms with Crippen molar-refractivity contribution in [3.63, 3.8) is 0 Å². The van der Waals surface area contributed by atoms with Crippen LogP contribution in [0.4, 0.5) is 5.69 Å². The minimum Gasteiger partial charge on any atom is -0.497 e. The van der Waals surface area contributed by atoms with Crippen LogP contribution in [0.3, 0.4) is 0 Å². The van der Waals surface area contributed by atoms with Crippen LogP contribution in [-0.4, -0.2) is 23.8 Å². The highest BCUT2D eigenvalue weighted by Gasteiger charge is 2.28. The van der Waals surface area contributed by atoms with Gasteiger partial charge in [0, 0.05) is 22.2 Å². The lowest BCUT2D eigenvalue weighted by molar-refractivity contribution is 0.0988. The van der Waals surface area contributed by atoms with Gasteiger partial charge in [-0.1, -0.05) is 0 Å². The minimum atomic E-state index is -0.249. The number of rotatable bonds is 4. The molecular weight excluding hydrogens is 302 g/mol. The summed E-state index contributed by atoms with van der Waals surface area (Å²) in [6.45, 7) is -0.181. The molecule has 1 heterocycles. The number of aliphatic hydroxyl groups excluding tert-OH is 1. The molecule has 0 amide bonds. The van der Waals surface area contributed by atoms with Crippen molar-refractivity contribution in [1.29, 1.82) is 0 Å². The first-order valence-electron chi connectivity index (χ1n) is 6.57. The van der Waals surface area contributed by atoms with Gasteiger partial charge in [-0.3, -0.25) is 9.59 Å². The van der Waals surface area contributed by atoms with Crippen LogP contribution in [0, 0.1) is 0 Å². The zero-order valence-electron chi connectivity index (χ0n) is 11.8. The maximum Gasteiger partial charge on any atom is 0.210 e. The van der Waals surface area contributed by atoms with Gasteiger partial charge in [-0.25, -0.2) is 0 Å². The first kappa shape index (κ1) is 14.5. The highest BCUT2D eigenvalue weighted by molar-refractivity contribution is 7.14. The Bertz CT molecular complexity index is 774. The number of carbonyl (C=O) groups is 2. The lowest BCUT2D eigenvalue weighted by Crippen LogP contribution is -2.19. The number of carbonyl (C=O) groups excluding carboxylic acids is 2. The Hall–Kier alpha value is -2.44. The maximum absolute atomic E-state index is 12.4. The molecule has 2 N–H and O–H groups in total. The molecule has 1 aliphatic carbocycles. The van der Waals surface area contributed by atoms with E-state index < -0.39 is 0 Å². The van der Waals surface area contributed by atoms with E-state index in [0.29, 0.717) is 26.8 Å². The molecule has 0 spiro atoms. The van der Waals surface area contributed by atoms with Crippen molar-refractivity contribution in [2.75, 3.05) is 12.4 Å². The number of hydrogen-bond acceptors (Lipinski definition) is 6. The summed E-state index contributed by atoms with van der Waals surface area (Å²) in [5, 5.41) is 12.1. The molecule has 5 nitrogen and oxygen atoms in total. The molecule has 0 saturated carbocycles. The number of Topliss-reactive ketones (excluding diaryl/α,β-unsaturated/α-hetero) is 1. The Morgan fingerprint density at radius 3 is 2.59 bits per heavy atom. The zero-order valence-corrected chi connectivity index (χ0v) is 12.6. The topological polar surface area (TPSA) is 75.6 Å². The minimum absolute atomic E-state index is 0.181. The fraction of sp³-hybridized carbons (Fsp3) is 0.125. The lowest BCUT2D eigenvalue weighted by atomic mass is 10.00. The molecule has 0 fully saturated rings. The van der Waals surface area contributed by atoms with Crippen LogP contribution in [-0.2, 0) is 6.61 Å². The molecule has 0 bridgehead atoms. The van der Waals surface area contributed by atoms with Gasteiger partial charge in [0.1, 0.15) is 5.75 Å². The summed E-state index contributed by atoms with van der Waals surface area (Å²) in [5.41, 5.74) is 1.26. The average molecular weight is 315 g/mol. The third kappa shape index (κ3) is 2.54. The first-order valence-corrected chi connectivity index (χ1v) is 7.39. The van der Waals surface area contributed by atoms with E-state index in [1.807, 2.05) is 0 Å². The van der Waals surface area contributed by atoms with E-state index in [1.165, 1.54) is 6.08 Å². The van der Waals surface area contributed by atoms with Crippen molar-refractivity contribution in [1.82, 2.24) is 0 Å². The predicted octanol–water partition coefficient (Wildman–Crippen LogP) is 2.62. The number of anilines is 1. The standard InChI is InChI=1S/C16H13NO4S/c1-21-10-4-2-9(3-5-10)17-13-7-14(19)16-12(15(13)20)6-11(8-18)22-16/h2-7,17-18H,8H2,1H3. The Morgan fingerprint density at radius 2 is 1.95 bits per heavy atom. The van der Waals surface area contributed by atoms with Gasteiger partial charge in [-0.2, -0.15) is 0 Å². The number of ketones is 2. The van der Waals surface area contributed by atoms with Crippen molar-refractivity contribution in [3.05, 3.63) is 57.4 Å². The largest absolute Gasteiger partial charge is 0.497 e. The number of methoxy groups -OCH3 is 1. The van der Waals surface area contributed by atoms with Gasteiger partial charge in [0.25, 0.3) is 0 Å². The summed E-state index contributed by atoms with van der Waals surface area (Å²) in [7, 11) is 1.57.